The lowest BCUT2D eigenvalue weighted by Gasteiger charge is -2.34. The predicted molar refractivity (Wildman–Crippen MR) is 90.9 cm³/mol. The predicted octanol–water partition coefficient (Wildman–Crippen LogP) is 5.93. The van der Waals surface area contributed by atoms with Crippen molar-refractivity contribution in [3.05, 3.63) is 36.3 Å². The molecule has 1 unspecified atom stereocenters. The molecule has 1 N–H and O–H groups in total. The molecule has 1 fully saturated rings. The second-order valence-electron chi connectivity index (χ2n) is 7.98. The number of nitrogens with one attached hydrogen (secondary N) is 1. The number of fused-ring (bicyclic) bond motifs is 1. The van der Waals surface area contributed by atoms with Gasteiger partial charge < -0.3 is 5.32 Å². The first-order chi connectivity index (χ1) is 11.6. The molecule has 1 aliphatic rings. The van der Waals surface area contributed by atoms with Crippen LogP contribution in [-0.2, 0) is 0 Å². The number of pyridine rings is 1. The molecule has 0 saturated heterocycles. The van der Waals surface area contributed by atoms with Crippen molar-refractivity contribution in [2.45, 2.75) is 45.7 Å². The fourth-order valence-electron chi connectivity index (χ4n) is 3.63. The summed E-state index contributed by atoms with van der Waals surface area (Å²) in [4.78, 5) is 4.08. The lowest BCUT2D eigenvalue weighted by Crippen LogP contribution is -2.34. The van der Waals surface area contributed by atoms with E-state index in [-0.39, 0.29) is 17.5 Å². The SMILES string of the molecule is CC1(CC(C)(CNc2cnc3c(F)cccc3c2)CC(F)(F)F)CC1. The second-order valence-corrected chi connectivity index (χ2v) is 7.98. The summed E-state index contributed by atoms with van der Waals surface area (Å²) in [5.41, 5.74) is -0.00336. The van der Waals surface area contributed by atoms with Crippen LogP contribution in [0.3, 0.4) is 0 Å². The molecule has 0 amide bonds. The Morgan fingerprint density at radius 1 is 1.24 bits per heavy atom. The van der Waals surface area contributed by atoms with Gasteiger partial charge in [-0.15, -0.1) is 0 Å². The molecule has 0 radical (unpaired) electrons. The van der Waals surface area contributed by atoms with Crippen molar-refractivity contribution in [3.8, 4) is 0 Å². The molecule has 1 atom stereocenters. The number of nitrogens with zero attached hydrogens (tertiary/aromatic N) is 1. The highest BCUT2D eigenvalue weighted by Gasteiger charge is 2.47. The maximum Gasteiger partial charge on any atom is 0.389 e. The molecular formula is C19H22F4N2. The molecule has 136 valence electrons. The van der Waals surface area contributed by atoms with E-state index in [1.807, 2.05) is 6.92 Å². The Hall–Kier alpha value is -1.85. The number of para-hydroxylation sites is 1. The van der Waals surface area contributed by atoms with Crippen LogP contribution >= 0.6 is 0 Å². The van der Waals surface area contributed by atoms with Crippen LogP contribution in [0.25, 0.3) is 10.9 Å². The molecule has 2 nitrogen and oxygen atoms in total. The van der Waals surface area contributed by atoms with Crippen LogP contribution in [0.5, 0.6) is 0 Å². The minimum atomic E-state index is -4.20. The summed E-state index contributed by atoms with van der Waals surface area (Å²) < 4.78 is 52.8. The van der Waals surface area contributed by atoms with Crippen LogP contribution < -0.4 is 5.32 Å². The largest absolute Gasteiger partial charge is 0.389 e. The number of aromatic nitrogens is 1. The smallest absolute Gasteiger partial charge is 0.383 e. The average molecular weight is 354 g/mol. The molecule has 1 aromatic heterocycles. The summed E-state index contributed by atoms with van der Waals surface area (Å²) in [5.74, 6) is -0.410. The van der Waals surface area contributed by atoms with E-state index in [0.717, 1.165) is 12.8 Å². The van der Waals surface area contributed by atoms with Crippen LogP contribution in [0.1, 0.15) is 39.5 Å². The van der Waals surface area contributed by atoms with Crippen molar-refractivity contribution in [2.75, 3.05) is 11.9 Å². The van der Waals surface area contributed by atoms with Gasteiger partial charge in [0.1, 0.15) is 11.3 Å². The van der Waals surface area contributed by atoms with Gasteiger partial charge in [-0.1, -0.05) is 26.0 Å². The van der Waals surface area contributed by atoms with Crippen molar-refractivity contribution >= 4 is 16.6 Å². The second kappa shape index (κ2) is 6.15. The number of hydrogen-bond donors (Lipinski definition) is 1. The van der Waals surface area contributed by atoms with E-state index in [0.29, 0.717) is 17.5 Å². The standard InChI is InChI=1S/C19H22F4N2/c1-17(6-7-17)10-18(2,11-19(21,22)23)12-25-14-8-13-4-3-5-15(20)16(13)24-9-14/h3-5,8-9,25H,6-7,10-12H2,1-2H3. The zero-order valence-electron chi connectivity index (χ0n) is 14.4. The number of benzene rings is 1. The highest BCUT2D eigenvalue weighted by molar-refractivity contribution is 5.82. The number of halogens is 4. The Balaban J connectivity index is 1.76. The van der Waals surface area contributed by atoms with E-state index < -0.39 is 23.8 Å². The molecular weight excluding hydrogens is 332 g/mol. The van der Waals surface area contributed by atoms with E-state index >= 15 is 0 Å². The van der Waals surface area contributed by atoms with Gasteiger partial charge in [-0.2, -0.15) is 13.2 Å². The van der Waals surface area contributed by atoms with Crippen molar-refractivity contribution < 1.29 is 17.6 Å². The third kappa shape index (κ3) is 4.61. The monoisotopic (exact) mass is 354 g/mol. The molecule has 1 heterocycles. The van der Waals surface area contributed by atoms with E-state index in [1.165, 1.54) is 12.3 Å². The summed E-state index contributed by atoms with van der Waals surface area (Å²) in [6.07, 6.45) is -1.06. The highest BCUT2D eigenvalue weighted by atomic mass is 19.4. The molecule has 1 saturated carbocycles. The van der Waals surface area contributed by atoms with E-state index in [1.54, 1.807) is 25.1 Å². The fourth-order valence-corrected chi connectivity index (χ4v) is 3.63. The van der Waals surface area contributed by atoms with Gasteiger partial charge in [-0.25, -0.2) is 4.39 Å². The topological polar surface area (TPSA) is 24.9 Å². The normalized spacial score (nSPS) is 18.8. The Morgan fingerprint density at radius 2 is 1.96 bits per heavy atom. The quantitative estimate of drug-likeness (QED) is 0.650. The van der Waals surface area contributed by atoms with E-state index in [9.17, 15) is 17.6 Å². The van der Waals surface area contributed by atoms with Gasteiger partial charge in [0, 0.05) is 11.9 Å². The summed E-state index contributed by atoms with van der Waals surface area (Å²) in [6, 6.07) is 6.37. The van der Waals surface area contributed by atoms with Gasteiger partial charge >= 0.3 is 6.18 Å². The molecule has 0 aliphatic heterocycles. The first kappa shape index (κ1) is 18.0. The van der Waals surface area contributed by atoms with Gasteiger partial charge in [0.2, 0.25) is 0 Å². The molecule has 3 rings (SSSR count). The first-order valence-electron chi connectivity index (χ1n) is 8.43. The molecule has 1 aromatic carbocycles. The minimum Gasteiger partial charge on any atom is -0.383 e. The van der Waals surface area contributed by atoms with E-state index in [2.05, 4.69) is 10.3 Å². The molecule has 2 aromatic rings. The third-order valence-electron chi connectivity index (χ3n) is 4.97. The highest BCUT2D eigenvalue weighted by Crippen LogP contribution is 2.54. The van der Waals surface area contributed by atoms with Crippen molar-refractivity contribution in [2.24, 2.45) is 10.8 Å². The number of anilines is 1. The maximum absolute atomic E-state index is 13.7. The van der Waals surface area contributed by atoms with Gasteiger partial charge in [0.25, 0.3) is 0 Å². The van der Waals surface area contributed by atoms with E-state index in [4.69, 9.17) is 0 Å². The molecule has 0 bridgehead atoms. The van der Waals surface area contributed by atoms with Crippen LogP contribution in [0.15, 0.2) is 30.5 Å². The Bertz CT molecular complexity index is 758. The van der Waals surface area contributed by atoms with Gasteiger partial charge in [0.15, 0.2) is 0 Å². The van der Waals surface area contributed by atoms with Crippen LogP contribution in [-0.4, -0.2) is 17.7 Å². The number of alkyl halides is 3. The first-order valence-corrected chi connectivity index (χ1v) is 8.43. The lowest BCUT2D eigenvalue weighted by molar-refractivity contribution is -0.157. The van der Waals surface area contributed by atoms with Gasteiger partial charge in [-0.3, -0.25) is 4.98 Å². The van der Waals surface area contributed by atoms with Gasteiger partial charge in [0.05, 0.1) is 18.3 Å². The van der Waals surface area contributed by atoms with Crippen molar-refractivity contribution in [1.29, 1.82) is 0 Å². The third-order valence-corrected chi connectivity index (χ3v) is 4.97. The lowest BCUT2D eigenvalue weighted by atomic mass is 9.77. The maximum atomic E-state index is 13.7. The van der Waals surface area contributed by atoms with Crippen LogP contribution in [0, 0.1) is 16.6 Å². The average Bonchev–Trinajstić information content (AvgIpc) is 3.20. The summed E-state index contributed by atoms with van der Waals surface area (Å²) >= 11 is 0. The molecule has 0 spiro atoms. The zero-order chi connectivity index (χ0) is 18.3. The minimum absolute atomic E-state index is 0.0203. The van der Waals surface area contributed by atoms with Crippen molar-refractivity contribution in [3.63, 3.8) is 0 Å². The van der Waals surface area contributed by atoms with Gasteiger partial charge in [-0.05, 0) is 42.2 Å². The van der Waals surface area contributed by atoms with Crippen LogP contribution in [0.2, 0.25) is 0 Å². The Kier molecular flexibility index (Phi) is 4.41. The molecule has 1 aliphatic carbocycles. The number of rotatable bonds is 6. The zero-order valence-corrected chi connectivity index (χ0v) is 14.4. The van der Waals surface area contributed by atoms with Crippen LogP contribution in [0.4, 0.5) is 23.2 Å². The summed E-state index contributed by atoms with van der Waals surface area (Å²) in [6.45, 7) is 3.93. The Labute approximate surface area is 144 Å². The number of hydrogen-bond acceptors (Lipinski definition) is 2. The molecule has 6 heteroatoms. The summed E-state index contributed by atoms with van der Waals surface area (Å²) in [7, 11) is 0. The van der Waals surface area contributed by atoms with Crippen molar-refractivity contribution in [1.82, 2.24) is 4.98 Å². The fraction of sp³-hybridized carbons (Fsp3) is 0.526. The Morgan fingerprint density at radius 3 is 2.60 bits per heavy atom. The summed E-state index contributed by atoms with van der Waals surface area (Å²) in [5, 5.41) is 3.71. The molecule has 25 heavy (non-hydrogen) atoms.